The number of carbonyl (C=O) groups excluding carboxylic acids is 1. The summed E-state index contributed by atoms with van der Waals surface area (Å²) in [6.45, 7) is 6.72. The van der Waals surface area contributed by atoms with Gasteiger partial charge in [-0.1, -0.05) is 6.08 Å². The highest BCUT2D eigenvalue weighted by atomic mass is 16.5. The van der Waals surface area contributed by atoms with Crippen molar-refractivity contribution in [1.82, 2.24) is 25.5 Å². The molecule has 0 bridgehead atoms. The lowest BCUT2D eigenvalue weighted by Crippen LogP contribution is -2.37. The molecule has 188 valence electrons. The Kier molecular flexibility index (Phi) is 7.13. The van der Waals surface area contributed by atoms with Crippen molar-refractivity contribution in [3.63, 3.8) is 0 Å². The van der Waals surface area contributed by atoms with Crippen LogP contribution in [0.3, 0.4) is 0 Å². The zero-order valence-electron chi connectivity index (χ0n) is 20.6. The molecule has 1 aliphatic carbocycles. The second-order valence-electron chi connectivity index (χ2n) is 9.15. The van der Waals surface area contributed by atoms with E-state index >= 15 is 0 Å². The van der Waals surface area contributed by atoms with E-state index in [9.17, 15) is 4.79 Å². The number of nitrogens with zero attached hydrogens (tertiary/aromatic N) is 4. The van der Waals surface area contributed by atoms with Gasteiger partial charge in [0.05, 0.1) is 30.7 Å². The van der Waals surface area contributed by atoms with Gasteiger partial charge in [-0.05, 0) is 44.5 Å². The predicted octanol–water partition coefficient (Wildman–Crippen LogP) is 3.54. The highest BCUT2D eigenvalue weighted by Crippen LogP contribution is 2.28. The molecule has 2 aliphatic rings. The molecule has 2 aromatic heterocycles. The fraction of sp³-hybridized carbons (Fsp3) is 0.385. The standard InChI is InChI=1S/C26H31N7O3/c1-17(2)28-25(34)16-36-21-5-3-4-18(13-21)26-30-23(14-24(31-26)33-8-10-35-11-9-33)29-20-6-7-22-19(12-20)15-27-32-22/h4,6-7,12-15,17H,3,5,8-11,16H2,1-2H3,(H,27,32)(H,28,34)(H,29,30,31). The Balaban J connectivity index is 1.40. The molecule has 0 radical (unpaired) electrons. The highest BCUT2D eigenvalue weighted by Gasteiger charge is 2.18. The summed E-state index contributed by atoms with van der Waals surface area (Å²) in [5.41, 5.74) is 2.77. The van der Waals surface area contributed by atoms with Crippen molar-refractivity contribution in [1.29, 1.82) is 0 Å². The minimum Gasteiger partial charge on any atom is -0.488 e. The fourth-order valence-corrected chi connectivity index (χ4v) is 4.22. The average Bonchev–Trinajstić information content (AvgIpc) is 3.36. The van der Waals surface area contributed by atoms with Gasteiger partial charge in [-0.3, -0.25) is 9.89 Å². The van der Waals surface area contributed by atoms with Crippen LogP contribution in [-0.4, -0.2) is 65.0 Å². The van der Waals surface area contributed by atoms with Crippen molar-refractivity contribution in [3.05, 3.63) is 54.2 Å². The summed E-state index contributed by atoms with van der Waals surface area (Å²) in [5.74, 6) is 2.77. The zero-order chi connectivity index (χ0) is 24.9. The third-order valence-electron chi connectivity index (χ3n) is 5.93. The van der Waals surface area contributed by atoms with Crippen molar-refractivity contribution < 1.29 is 14.3 Å². The molecule has 10 nitrogen and oxygen atoms in total. The second-order valence-corrected chi connectivity index (χ2v) is 9.15. The Bertz CT molecular complexity index is 1290. The number of amides is 1. The van der Waals surface area contributed by atoms with E-state index in [-0.39, 0.29) is 18.6 Å². The number of allylic oxidation sites excluding steroid dienone is 4. The molecule has 1 saturated heterocycles. The maximum atomic E-state index is 12.0. The Hall–Kier alpha value is -3.92. The topological polar surface area (TPSA) is 117 Å². The number of fused-ring (bicyclic) bond motifs is 1. The van der Waals surface area contributed by atoms with Crippen LogP contribution < -0.4 is 15.5 Å². The molecule has 10 heteroatoms. The molecule has 36 heavy (non-hydrogen) atoms. The summed E-state index contributed by atoms with van der Waals surface area (Å²) in [6.07, 6.45) is 7.37. The van der Waals surface area contributed by atoms with Crippen LogP contribution in [0, 0.1) is 0 Å². The molecule has 1 aliphatic heterocycles. The third-order valence-corrected chi connectivity index (χ3v) is 5.93. The van der Waals surface area contributed by atoms with Crippen LogP contribution in [0.25, 0.3) is 16.5 Å². The summed E-state index contributed by atoms with van der Waals surface area (Å²) in [7, 11) is 0. The highest BCUT2D eigenvalue weighted by molar-refractivity contribution is 5.83. The largest absolute Gasteiger partial charge is 0.488 e. The van der Waals surface area contributed by atoms with E-state index in [1.54, 1.807) is 6.20 Å². The number of ether oxygens (including phenoxy) is 2. The lowest BCUT2D eigenvalue weighted by Gasteiger charge is -2.28. The first-order valence-electron chi connectivity index (χ1n) is 12.3. The molecule has 5 rings (SSSR count). The number of aromatic amines is 1. The number of rotatable bonds is 8. The van der Waals surface area contributed by atoms with Gasteiger partial charge in [-0.15, -0.1) is 0 Å². The van der Waals surface area contributed by atoms with Crippen LogP contribution in [0.2, 0.25) is 0 Å². The van der Waals surface area contributed by atoms with Gasteiger partial charge in [-0.25, -0.2) is 9.97 Å². The lowest BCUT2D eigenvalue weighted by atomic mass is 10.0. The van der Waals surface area contributed by atoms with E-state index in [0.717, 1.165) is 59.7 Å². The van der Waals surface area contributed by atoms with Gasteiger partial charge in [0.2, 0.25) is 0 Å². The van der Waals surface area contributed by atoms with Crippen molar-refractivity contribution in [2.45, 2.75) is 32.7 Å². The molecule has 1 aromatic carbocycles. The van der Waals surface area contributed by atoms with Crippen molar-refractivity contribution in [2.75, 3.05) is 43.1 Å². The molecule has 3 aromatic rings. The number of anilines is 3. The van der Waals surface area contributed by atoms with Crippen LogP contribution in [0.1, 0.15) is 32.5 Å². The summed E-state index contributed by atoms with van der Waals surface area (Å²) < 4.78 is 11.3. The van der Waals surface area contributed by atoms with Gasteiger partial charge < -0.3 is 25.0 Å². The molecule has 3 N–H and O–H groups in total. The molecule has 0 atom stereocenters. The van der Waals surface area contributed by atoms with Gasteiger partial charge in [0.1, 0.15) is 11.6 Å². The van der Waals surface area contributed by atoms with E-state index in [1.165, 1.54) is 0 Å². The lowest BCUT2D eigenvalue weighted by molar-refractivity contribution is -0.125. The van der Waals surface area contributed by atoms with Gasteiger partial charge >= 0.3 is 0 Å². The smallest absolute Gasteiger partial charge is 0.258 e. The number of H-pyrrole nitrogens is 1. The van der Waals surface area contributed by atoms with Crippen LogP contribution in [0.15, 0.2) is 48.4 Å². The summed E-state index contributed by atoms with van der Waals surface area (Å²) >= 11 is 0. The van der Waals surface area contributed by atoms with Crippen molar-refractivity contribution >= 4 is 39.7 Å². The van der Waals surface area contributed by atoms with Gasteiger partial charge in [-0.2, -0.15) is 5.10 Å². The Morgan fingerprint density at radius 3 is 2.92 bits per heavy atom. The molecule has 1 amide bonds. The predicted molar refractivity (Wildman–Crippen MR) is 139 cm³/mol. The first-order valence-corrected chi connectivity index (χ1v) is 12.3. The van der Waals surface area contributed by atoms with Crippen LogP contribution in [0.4, 0.5) is 17.3 Å². The van der Waals surface area contributed by atoms with Crippen LogP contribution in [0.5, 0.6) is 0 Å². The molecule has 0 spiro atoms. The molecule has 0 unspecified atom stereocenters. The normalized spacial score (nSPS) is 16.0. The maximum absolute atomic E-state index is 12.0. The zero-order valence-corrected chi connectivity index (χ0v) is 20.6. The Morgan fingerprint density at radius 2 is 2.08 bits per heavy atom. The quantitative estimate of drug-likeness (QED) is 0.440. The summed E-state index contributed by atoms with van der Waals surface area (Å²) in [5, 5.41) is 14.4. The fourth-order valence-electron chi connectivity index (χ4n) is 4.22. The van der Waals surface area contributed by atoms with E-state index in [1.807, 2.05) is 44.2 Å². The minimum atomic E-state index is -0.131. The first-order chi connectivity index (χ1) is 17.5. The number of nitrogens with one attached hydrogen (secondary N) is 3. The second kappa shape index (κ2) is 10.8. The molecular weight excluding hydrogens is 458 g/mol. The number of aromatic nitrogens is 4. The van der Waals surface area contributed by atoms with Gasteiger partial charge in [0.25, 0.3) is 5.91 Å². The van der Waals surface area contributed by atoms with E-state index in [0.29, 0.717) is 24.9 Å². The average molecular weight is 490 g/mol. The number of hydrogen-bond acceptors (Lipinski definition) is 8. The van der Waals surface area contributed by atoms with E-state index in [2.05, 4.69) is 31.8 Å². The minimum absolute atomic E-state index is 0.00470. The summed E-state index contributed by atoms with van der Waals surface area (Å²) in [4.78, 5) is 23.9. The third kappa shape index (κ3) is 5.83. The number of morpholine rings is 1. The molecular formula is C26H31N7O3. The number of carbonyl (C=O) groups is 1. The van der Waals surface area contributed by atoms with E-state index < -0.39 is 0 Å². The van der Waals surface area contributed by atoms with Crippen molar-refractivity contribution in [3.8, 4) is 0 Å². The summed E-state index contributed by atoms with van der Waals surface area (Å²) in [6, 6.07) is 8.05. The monoisotopic (exact) mass is 489 g/mol. The molecule has 1 fully saturated rings. The maximum Gasteiger partial charge on any atom is 0.258 e. The molecule has 3 heterocycles. The SMILES string of the molecule is CC(C)NC(=O)COC1=CC(c2nc(Nc3ccc4[nH]ncc4c3)cc(N3CCOCC3)n2)=CCC1. The molecule has 0 saturated carbocycles. The van der Waals surface area contributed by atoms with Gasteiger partial charge in [0, 0.05) is 48.3 Å². The van der Waals surface area contributed by atoms with Gasteiger partial charge in [0.15, 0.2) is 12.4 Å². The number of hydrogen-bond donors (Lipinski definition) is 3. The Labute approximate surface area is 209 Å². The Morgan fingerprint density at radius 1 is 1.22 bits per heavy atom. The first kappa shape index (κ1) is 23.8. The van der Waals surface area contributed by atoms with Crippen LogP contribution >= 0.6 is 0 Å². The van der Waals surface area contributed by atoms with Crippen LogP contribution in [-0.2, 0) is 14.3 Å². The van der Waals surface area contributed by atoms with E-state index in [4.69, 9.17) is 19.4 Å². The van der Waals surface area contributed by atoms with Crippen molar-refractivity contribution in [2.24, 2.45) is 0 Å². The number of benzene rings is 1.